The lowest BCUT2D eigenvalue weighted by atomic mass is 9.98. The van der Waals surface area contributed by atoms with Crippen molar-refractivity contribution in [3.8, 4) is 0 Å². The van der Waals surface area contributed by atoms with Crippen molar-refractivity contribution >= 4 is 5.82 Å². The van der Waals surface area contributed by atoms with Crippen molar-refractivity contribution in [1.29, 1.82) is 0 Å². The maximum Gasteiger partial charge on any atom is 0.293 e. The van der Waals surface area contributed by atoms with Crippen molar-refractivity contribution in [1.82, 2.24) is 9.55 Å². The molecule has 1 aromatic rings. The summed E-state index contributed by atoms with van der Waals surface area (Å²) in [7, 11) is 0. The van der Waals surface area contributed by atoms with Gasteiger partial charge in [0, 0.05) is 25.0 Å². The molecule has 1 atom stereocenters. The van der Waals surface area contributed by atoms with Gasteiger partial charge in [-0.3, -0.25) is 4.79 Å². The van der Waals surface area contributed by atoms with E-state index in [4.69, 9.17) is 0 Å². The molecule has 1 aromatic heterocycles. The molecule has 0 aliphatic heterocycles. The average molecular weight is 235 g/mol. The zero-order valence-corrected chi connectivity index (χ0v) is 10.8. The first-order valence-corrected chi connectivity index (χ1v) is 6.40. The number of anilines is 1. The van der Waals surface area contributed by atoms with Crippen LogP contribution in [0.25, 0.3) is 0 Å². The average Bonchev–Trinajstić information content (AvgIpc) is 3.11. The first-order valence-electron chi connectivity index (χ1n) is 6.40. The Morgan fingerprint density at radius 3 is 2.76 bits per heavy atom. The Bertz CT molecular complexity index is 435. The van der Waals surface area contributed by atoms with E-state index in [-0.39, 0.29) is 5.56 Å². The van der Waals surface area contributed by atoms with Gasteiger partial charge in [-0.25, -0.2) is 4.98 Å². The number of nitrogens with zero attached hydrogens (tertiary/aromatic N) is 2. The molecule has 4 heteroatoms. The Kier molecular flexibility index (Phi) is 3.50. The van der Waals surface area contributed by atoms with Crippen LogP contribution in [0.1, 0.15) is 39.7 Å². The van der Waals surface area contributed by atoms with Crippen LogP contribution in [0.15, 0.2) is 17.2 Å². The summed E-state index contributed by atoms with van der Waals surface area (Å²) in [5, 5.41) is 3.17. The largest absolute Gasteiger partial charge is 0.365 e. The van der Waals surface area contributed by atoms with Crippen LogP contribution in [0.5, 0.6) is 0 Å². The van der Waals surface area contributed by atoms with Crippen molar-refractivity contribution in [3.63, 3.8) is 0 Å². The topological polar surface area (TPSA) is 46.9 Å². The van der Waals surface area contributed by atoms with Crippen LogP contribution in [-0.2, 0) is 0 Å². The third-order valence-corrected chi connectivity index (χ3v) is 3.54. The van der Waals surface area contributed by atoms with E-state index in [1.165, 1.54) is 0 Å². The number of rotatable bonds is 5. The number of nitrogens with one attached hydrogen (secondary N) is 1. The molecule has 1 aliphatic rings. The molecule has 1 saturated carbocycles. The molecule has 0 amide bonds. The minimum Gasteiger partial charge on any atom is -0.365 e. The van der Waals surface area contributed by atoms with Gasteiger partial charge >= 0.3 is 0 Å². The van der Waals surface area contributed by atoms with Gasteiger partial charge in [0.2, 0.25) is 0 Å². The molecule has 4 nitrogen and oxygen atoms in total. The highest BCUT2D eigenvalue weighted by Crippen LogP contribution is 2.33. The Balaban J connectivity index is 2.06. The van der Waals surface area contributed by atoms with Crippen LogP contribution in [0.3, 0.4) is 0 Å². The van der Waals surface area contributed by atoms with Gasteiger partial charge in [0.05, 0.1) is 0 Å². The van der Waals surface area contributed by atoms with Crippen molar-refractivity contribution in [2.45, 2.75) is 39.7 Å². The van der Waals surface area contributed by atoms with E-state index in [9.17, 15) is 4.79 Å². The van der Waals surface area contributed by atoms with Crippen LogP contribution < -0.4 is 10.9 Å². The third-order valence-electron chi connectivity index (χ3n) is 3.54. The highest BCUT2D eigenvalue weighted by Gasteiger charge is 2.25. The zero-order valence-electron chi connectivity index (χ0n) is 10.8. The van der Waals surface area contributed by atoms with Crippen molar-refractivity contribution in [3.05, 3.63) is 22.7 Å². The van der Waals surface area contributed by atoms with E-state index >= 15 is 0 Å². The van der Waals surface area contributed by atoms with E-state index in [0.717, 1.165) is 19.4 Å². The summed E-state index contributed by atoms with van der Waals surface area (Å²) in [6.45, 7) is 7.36. The van der Waals surface area contributed by atoms with E-state index in [0.29, 0.717) is 23.7 Å². The zero-order chi connectivity index (χ0) is 12.4. The lowest BCUT2D eigenvalue weighted by Gasteiger charge is -2.16. The first-order chi connectivity index (χ1) is 8.09. The van der Waals surface area contributed by atoms with Crippen LogP contribution >= 0.6 is 0 Å². The summed E-state index contributed by atoms with van der Waals surface area (Å²) in [4.78, 5) is 16.2. The van der Waals surface area contributed by atoms with Crippen LogP contribution in [0.4, 0.5) is 5.82 Å². The lowest BCUT2D eigenvalue weighted by molar-refractivity contribution is 0.439. The standard InChI is InChI=1S/C13H21N3O/c1-9(2)10(3)8-15-12-13(17)16(7-6-14-12)11-4-5-11/h6-7,9-11H,4-5,8H2,1-3H3,(H,14,15). The molecule has 0 spiro atoms. The van der Waals surface area contributed by atoms with E-state index in [1.807, 2.05) is 0 Å². The Morgan fingerprint density at radius 1 is 1.47 bits per heavy atom. The first kappa shape index (κ1) is 12.1. The summed E-state index contributed by atoms with van der Waals surface area (Å²) in [5.41, 5.74) is 0.0194. The van der Waals surface area contributed by atoms with Gasteiger partial charge in [-0.1, -0.05) is 20.8 Å². The van der Waals surface area contributed by atoms with E-state index in [2.05, 4.69) is 31.1 Å². The Labute approximate surface area is 102 Å². The monoisotopic (exact) mass is 235 g/mol. The molecule has 17 heavy (non-hydrogen) atoms. The molecule has 1 unspecified atom stereocenters. The summed E-state index contributed by atoms with van der Waals surface area (Å²) in [5.74, 6) is 1.63. The predicted molar refractivity (Wildman–Crippen MR) is 69.3 cm³/mol. The fraction of sp³-hybridized carbons (Fsp3) is 0.692. The fourth-order valence-corrected chi connectivity index (χ4v) is 1.68. The van der Waals surface area contributed by atoms with Crippen molar-refractivity contribution < 1.29 is 0 Å². The molecule has 0 bridgehead atoms. The molecule has 2 rings (SSSR count). The lowest BCUT2D eigenvalue weighted by Crippen LogP contribution is -2.26. The SMILES string of the molecule is CC(C)C(C)CNc1nccn(C2CC2)c1=O. The molecule has 1 fully saturated rings. The maximum atomic E-state index is 12.1. The molecular weight excluding hydrogens is 214 g/mol. The summed E-state index contributed by atoms with van der Waals surface area (Å²) >= 11 is 0. The number of aromatic nitrogens is 2. The normalized spacial score (nSPS) is 17.2. The number of hydrogen-bond donors (Lipinski definition) is 1. The molecule has 0 saturated heterocycles. The highest BCUT2D eigenvalue weighted by atomic mass is 16.1. The van der Waals surface area contributed by atoms with Gasteiger partial charge in [-0.15, -0.1) is 0 Å². The molecule has 0 radical (unpaired) electrons. The Morgan fingerprint density at radius 2 is 2.18 bits per heavy atom. The second kappa shape index (κ2) is 4.90. The molecule has 1 heterocycles. The van der Waals surface area contributed by atoms with Crippen molar-refractivity contribution in [2.24, 2.45) is 11.8 Å². The second-order valence-electron chi connectivity index (χ2n) is 5.32. The smallest absolute Gasteiger partial charge is 0.293 e. The Hall–Kier alpha value is -1.32. The van der Waals surface area contributed by atoms with Crippen LogP contribution in [0.2, 0.25) is 0 Å². The second-order valence-corrected chi connectivity index (χ2v) is 5.32. The minimum atomic E-state index is 0.0194. The van der Waals surface area contributed by atoms with E-state index < -0.39 is 0 Å². The summed E-state index contributed by atoms with van der Waals surface area (Å²) in [6, 6.07) is 0.411. The minimum absolute atomic E-state index is 0.0194. The molecular formula is C13H21N3O. The number of hydrogen-bond acceptors (Lipinski definition) is 3. The van der Waals surface area contributed by atoms with Gasteiger partial charge in [0.1, 0.15) is 0 Å². The summed E-state index contributed by atoms with van der Waals surface area (Å²) < 4.78 is 1.80. The molecule has 94 valence electrons. The fourth-order valence-electron chi connectivity index (χ4n) is 1.68. The third kappa shape index (κ3) is 2.87. The maximum absolute atomic E-state index is 12.1. The summed E-state index contributed by atoms with van der Waals surface area (Å²) in [6.07, 6.45) is 5.73. The van der Waals surface area contributed by atoms with Crippen LogP contribution in [-0.4, -0.2) is 16.1 Å². The molecule has 0 aromatic carbocycles. The van der Waals surface area contributed by atoms with Crippen molar-refractivity contribution in [2.75, 3.05) is 11.9 Å². The highest BCUT2D eigenvalue weighted by molar-refractivity contribution is 5.31. The van der Waals surface area contributed by atoms with Gasteiger partial charge in [-0.2, -0.15) is 0 Å². The van der Waals surface area contributed by atoms with E-state index in [1.54, 1.807) is 17.0 Å². The van der Waals surface area contributed by atoms with Gasteiger partial charge in [-0.05, 0) is 24.7 Å². The van der Waals surface area contributed by atoms with Crippen LogP contribution in [0, 0.1) is 11.8 Å². The molecule has 1 N–H and O–H groups in total. The van der Waals surface area contributed by atoms with Gasteiger partial charge in [0.15, 0.2) is 5.82 Å². The van der Waals surface area contributed by atoms with Gasteiger partial charge < -0.3 is 9.88 Å². The molecule has 1 aliphatic carbocycles. The van der Waals surface area contributed by atoms with Gasteiger partial charge in [0.25, 0.3) is 5.56 Å². The quantitative estimate of drug-likeness (QED) is 0.851. The predicted octanol–water partition coefficient (Wildman–Crippen LogP) is 2.28.